The molecule has 0 fully saturated rings. The molecular weight excluding hydrogens is 271 g/mol. The van der Waals surface area contributed by atoms with Gasteiger partial charge in [-0.15, -0.1) is 0 Å². The maximum absolute atomic E-state index is 13.2. The van der Waals surface area contributed by atoms with E-state index in [0.717, 1.165) is 11.3 Å². The molecule has 1 aromatic carbocycles. The second-order valence-corrected chi connectivity index (χ2v) is 4.93. The summed E-state index contributed by atoms with van der Waals surface area (Å²) in [6, 6.07) is 8.09. The van der Waals surface area contributed by atoms with Crippen LogP contribution in [0.15, 0.2) is 48.4 Å². The summed E-state index contributed by atoms with van der Waals surface area (Å²) in [4.78, 5) is 15.2. The molecule has 0 atom stereocenters. The first-order valence-electron chi connectivity index (χ1n) is 6.55. The van der Waals surface area contributed by atoms with Crippen LogP contribution in [0.25, 0.3) is 11.1 Å². The number of ether oxygens (including phenoxy) is 1. The SMILES string of the molecule is O=C1Nc2cc(F)ccc2/C1=C1/C=C(c2ccc[nH]2)CO1. The number of aromatic amines is 1. The number of amides is 1. The number of allylic oxidation sites excluding steroid dienone is 1. The van der Waals surface area contributed by atoms with E-state index in [4.69, 9.17) is 4.74 Å². The highest BCUT2D eigenvalue weighted by Gasteiger charge is 2.30. The van der Waals surface area contributed by atoms with Crippen molar-refractivity contribution in [2.75, 3.05) is 11.9 Å². The third-order valence-corrected chi connectivity index (χ3v) is 3.61. The Kier molecular flexibility index (Phi) is 2.47. The van der Waals surface area contributed by atoms with Gasteiger partial charge in [-0.05, 0) is 36.4 Å². The van der Waals surface area contributed by atoms with Crippen LogP contribution in [0, 0.1) is 5.82 Å². The molecule has 2 aromatic rings. The Morgan fingerprint density at radius 3 is 2.95 bits per heavy atom. The van der Waals surface area contributed by atoms with Crippen LogP contribution in [-0.4, -0.2) is 17.5 Å². The Bertz CT molecular complexity index is 804. The minimum atomic E-state index is -0.379. The van der Waals surface area contributed by atoms with Gasteiger partial charge in [0, 0.05) is 23.0 Å². The van der Waals surface area contributed by atoms with Gasteiger partial charge in [0.05, 0.1) is 11.3 Å². The van der Waals surface area contributed by atoms with E-state index in [-0.39, 0.29) is 11.7 Å². The number of hydrogen-bond acceptors (Lipinski definition) is 2. The highest BCUT2D eigenvalue weighted by molar-refractivity contribution is 6.32. The third kappa shape index (κ3) is 1.86. The van der Waals surface area contributed by atoms with Crippen molar-refractivity contribution in [1.82, 2.24) is 4.98 Å². The molecule has 0 saturated heterocycles. The lowest BCUT2D eigenvalue weighted by Crippen LogP contribution is -2.05. The lowest BCUT2D eigenvalue weighted by Gasteiger charge is -2.02. The van der Waals surface area contributed by atoms with Crippen molar-refractivity contribution < 1.29 is 13.9 Å². The Morgan fingerprint density at radius 2 is 2.14 bits per heavy atom. The molecule has 0 saturated carbocycles. The van der Waals surface area contributed by atoms with Crippen molar-refractivity contribution in [2.45, 2.75) is 0 Å². The highest BCUT2D eigenvalue weighted by atomic mass is 19.1. The van der Waals surface area contributed by atoms with Crippen LogP contribution >= 0.6 is 0 Å². The van der Waals surface area contributed by atoms with E-state index in [9.17, 15) is 9.18 Å². The molecule has 104 valence electrons. The summed E-state index contributed by atoms with van der Waals surface area (Å²) >= 11 is 0. The summed E-state index contributed by atoms with van der Waals surface area (Å²) in [5, 5.41) is 2.66. The highest BCUT2D eigenvalue weighted by Crippen LogP contribution is 2.37. The fourth-order valence-electron chi connectivity index (χ4n) is 2.62. The molecule has 0 radical (unpaired) electrons. The summed E-state index contributed by atoms with van der Waals surface area (Å²) in [5.41, 5.74) is 3.54. The Morgan fingerprint density at radius 1 is 1.24 bits per heavy atom. The molecule has 1 aromatic heterocycles. The van der Waals surface area contributed by atoms with Crippen LogP contribution in [0.3, 0.4) is 0 Å². The number of fused-ring (bicyclic) bond motifs is 1. The number of hydrogen-bond donors (Lipinski definition) is 2. The first kappa shape index (κ1) is 12.0. The number of anilines is 1. The number of benzene rings is 1. The number of nitrogens with one attached hydrogen (secondary N) is 2. The van der Waals surface area contributed by atoms with E-state index < -0.39 is 0 Å². The summed E-state index contributed by atoms with van der Waals surface area (Å²) in [6.45, 7) is 0.406. The molecule has 0 spiro atoms. The van der Waals surface area contributed by atoms with E-state index in [1.807, 2.05) is 24.4 Å². The molecule has 0 unspecified atom stereocenters. The number of aromatic nitrogens is 1. The number of H-pyrrole nitrogens is 1. The normalized spacial score (nSPS) is 20.0. The van der Waals surface area contributed by atoms with Crippen LogP contribution < -0.4 is 5.32 Å². The predicted molar refractivity (Wildman–Crippen MR) is 76.7 cm³/mol. The Hall–Kier alpha value is -2.82. The van der Waals surface area contributed by atoms with Gasteiger partial charge in [-0.2, -0.15) is 0 Å². The van der Waals surface area contributed by atoms with Crippen LogP contribution in [0.1, 0.15) is 11.3 Å². The first-order valence-corrected chi connectivity index (χ1v) is 6.55. The van der Waals surface area contributed by atoms with Crippen molar-refractivity contribution in [3.8, 4) is 0 Å². The fraction of sp³-hybridized carbons (Fsp3) is 0.0625. The minimum Gasteiger partial charge on any atom is -0.488 e. The van der Waals surface area contributed by atoms with Gasteiger partial charge in [0.1, 0.15) is 18.2 Å². The zero-order valence-corrected chi connectivity index (χ0v) is 10.9. The molecule has 21 heavy (non-hydrogen) atoms. The van der Waals surface area contributed by atoms with Gasteiger partial charge < -0.3 is 15.0 Å². The molecule has 0 bridgehead atoms. The zero-order chi connectivity index (χ0) is 14.4. The molecule has 2 N–H and O–H groups in total. The van der Waals surface area contributed by atoms with Crippen LogP contribution in [0.2, 0.25) is 0 Å². The van der Waals surface area contributed by atoms with Gasteiger partial charge in [-0.25, -0.2) is 4.39 Å². The van der Waals surface area contributed by atoms with Gasteiger partial charge in [0.2, 0.25) is 0 Å². The monoisotopic (exact) mass is 282 g/mol. The molecular formula is C16H11FN2O2. The van der Waals surface area contributed by atoms with E-state index in [1.54, 1.807) is 6.07 Å². The second-order valence-electron chi connectivity index (χ2n) is 4.93. The largest absolute Gasteiger partial charge is 0.488 e. The Labute approximate surface area is 119 Å². The predicted octanol–water partition coefficient (Wildman–Crippen LogP) is 2.93. The molecule has 4 nitrogen and oxygen atoms in total. The lowest BCUT2D eigenvalue weighted by molar-refractivity contribution is -0.110. The first-order chi connectivity index (χ1) is 10.2. The molecule has 5 heteroatoms. The van der Waals surface area contributed by atoms with Crippen LogP contribution in [0.4, 0.5) is 10.1 Å². The van der Waals surface area contributed by atoms with Crippen molar-refractivity contribution in [3.63, 3.8) is 0 Å². The third-order valence-electron chi connectivity index (χ3n) is 3.61. The molecule has 2 aliphatic rings. The molecule has 0 aliphatic carbocycles. The molecule has 1 amide bonds. The number of carbonyl (C=O) groups excluding carboxylic acids is 1. The van der Waals surface area contributed by atoms with Crippen molar-refractivity contribution in [2.24, 2.45) is 0 Å². The number of halogens is 1. The van der Waals surface area contributed by atoms with Crippen LogP contribution in [-0.2, 0) is 9.53 Å². The quantitative estimate of drug-likeness (QED) is 0.790. The maximum atomic E-state index is 13.2. The molecule has 3 heterocycles. The summed E-state index contributed by atoms with van der Waals surface area (Å²) in [5.74, 6) is -0.132. The fourth-order valence-corrected chi connectivity index (χ4v) is 2.62. The smallest absolute Gasteiger partial charge is 0.260 e. The average molecular weight is 282 g/mol. The molecule has 4 rings (SSSR count). The lowest BCUT2D eigenvalue weighted by atomic mass is 10.1. The van der Waals surface area contributed by atoms with Crippen molar-refractivity contribution in [1.29, 1.82) is 0 Å². The minimum absolute atomic E-state index is 0.269. The standard InChI is InChI=1S/C16H11FN2O2/c17-10-3-4-11-13(7-10)19-16(20)15(11)14-6-9(8-21-14)12-2-1-5-18-12/h1-7,18H,8H2,(H,19,20)/b15-14+. The molecule has 2 aliphatic heterocycles. The van der Waals surface area contributed by atoms with Gasteiger partial charge in [-0.1, -0.05) is 0 Å². The number of rotatable bonds is 1. The van der Waals surface area contributed by atoms with Gasteiger partial charge in [0.15, 0.2) is 0 Å². The van der Waals surface area contributed by atoms with E-state index in [2.05, 4.69) is 10.3 Å². The van der Waals surface area contributed by atoms with Gasteiger partial charge in [0.25, 0.3) is 5.91 Å². The topological polar surface area (TPSA) is 54.1 Å². The van der Waals surface area contributed by atoms with Crippen molar-refractivity contribution in [3.05, 3.63) is 65.4 Å². The zero-order valence-electron chi connectivity index (χ0n) is 10.9. The van der Waals surface area contributed by atoms with Crippen LogP contribution in [0.5, 0.6) is 0 Å². The van der Waals surface area contributed by atoms with E-state index in [1.165, 1.54) is 12.1 Å². The number of carbonyl (C=O) groups is 1. The summed E-state index contributed by atoms with van der Waals surface area (Å²) < 4.78 is 18.9. The average Bonchev–Trinajstić information content (AvgIpc) is 3.15. The second kappa shape index (κ2) is 4.34. The Balaban J connectivity index is 1.82. The van der Waals surface area contributed by atoms with E-state index in [0.29, 0.717) is 29.2 Å². The van der Waals surface area contributed by atoms with Gasteiger partial charge >= 0.3 is 0 Å². The van der Waals surface area contributed by atoms with Crippen molar-refractivity contribution >= 4 is 22.7 Å². The summed E-state index contributed by atoms with van der Waals surface area (Å²) in [6.07, 6.45) is 3.68. The van der Waals surface area contributed by atoms with E-state index >= 15 is 0 Å². The van der Waals surface area contributed by atoms with Gasteiger partial charge in [-0.3, -0.25) is 4.79 Å². The summed E-state index contributed by atoms with van der Waals surface area (Å²) in [7, 11) is 0. The maximum Gasteiger partial charge on any atom is 0.260 e.